The number of likely N-dealkylation sites (tertiary alicyclic amines) is 1. The molecule has 0 saturated carbocycles. The van der Waals surface area contributed by atoms with Gasteiger partial charge in [-0.3, -0.25) is 4.79 Å². The summed E-state index contributed by atoms with van der Waals surface area (Å²) in [6.07, 6.45) is 1.51. The number of halogens is 2. The smallest absolute Gasteiger partial charge is 0.254 e. The van der Waals surface area contributed by atoms with Gasteiger partial charge in [0.15, 0.2) is 0 Å². The number of carbonyl (C=O) groups excluding carboxylic acids is 1. The SMILES string of the molecule is CCCNc1c(F)cc(C(=O)N2CCCC(O)C2)cc1F. The summed E-state index contributed by atoms with van der Waals surface area (Å²) in [7, 11) is 0. The highest BCUT2D eigenvalue weighted by Crippen LogP contribution is 2.22. The molecule has 1 atom stereocenters. The normalized spacial score (nSPS) is 18.7. The third-order valence-electron chi connectivity index (χ3n) is 3.52. The highest BCUT2D eigenvalue weighted by molar-refractivity contribution is 5.94. The van der Waals surface area contributed by atoms with Gasteiger partial charge < -0.3 is 15.3 Å². The van der Waals surface area contributed by atoms with Crippen LogP contribution in [0.15, 0.2) is 12.1 Å². The number of carbonyl (C=O) groups is 1. The second-order valence-electron chi connectivity index (χ2n) is 5.29. The van der Waals surface area contributed by atoms with E-state index in [-0.39, 0.29) is 17.8 Å². The zero-order chi connectivity index (χ0) is 15.4. The van der Waals surface area contributed by atoms with Crippen LogP contribution in [0.5, 0.6) is 0 Å². The lowest BCUT2D eigenvalue weighted by Gasteiger charge is -2.30. The quantitative estimate of drug-likeness (QED) is 0.897. The summed E-state index contributed by atoms with van der Waals surface area (Å²) in [5.41, 5.74) is -0.228. The summed E-state index contributed by atoms with van der Waals surface area (Å²) in [6, 6.07) is 2.09. The number of nitrogens with zero attached hydrogens (tertiary/aromatic N) is 1. The Morgan fingerprint density at radius 2 is 2.10 bits per heavy atom. The lowest BCUT2D eigenvalue weighted by molar-refractivity contribution is 0.0473. The van der Waals surface area contributed by atoms with Crippen LogP contribution in [-0.2, 0) is 0 Å². The van der Waals surface area contributed by atoms with Crippen molar-refractivity contribution in [2.24, 2.45) is 0 Å². The van der Waals surface area contributed by atoms with E-state index in [1.807, 2.05) is 6.92 Å². The van der Waals surface area contributed by atoms with Crippen LogP contribution in [0.25, 0.3) is 0 Å². The van der Waals surface area contributed by atoms with E-state index in [4.69, 9.17) is 0 Å². The van der Waals surface area contributed by atoms with Crippen molar-refractivity contribution in [1.82, 2.24) is 4.90 Å². The number of aliphatic hydroxyl groups excluding tert-OH is 1. The Balaban J connectivity index is 2.18. The maximum atomic E-state index is 13.9. The van der Waals surface area contributed by atoms with Gasteiger partial charge in [0.2, 0.25) is 0 Å². The number of hydrogen-bond acceptors (Lipinski definition) is 3. The minimum Gasteiger partial charge on any atom is -0.391 e. The lowest BCUT2D eigenvalue weighted by atomic mass is 10.1. The van der Waals surface area contributed by atoms with Crippen molar-refractivity contribution in [1.29, 1.82) is 0 Å². The van der Waals surface area contributed by atoms with E-state index < -0.39 is 23.6 Å². The summed E-state index contributed by atoms with van der Waals surface area (Å²) in [6.45, 7) is 3.05. The molecule has 2 rings (SSSR count). The van der Waals surface area contributed by atoms with Crippen LogP contribution in [0.3, 0.4) is 0 Å². The second-order valence-corrected chi connectivity index (χ2v) is 5.29. The first kappa shape index (κ1) is 15.7. The number of aliphatic hydroxyl groups is 1. The average molecular weight is 298 g/mol. The molecular weight excluding hydrogens is 278 g/mol. The highest BCUT2D eigenvalue weighted by Gasteiger charge is 2.24. The number of piperidine rings is 1. The first-order valence-corrected chi connectivity index (χ1v) is 7.23. The van der Waals surface area contributed by atoms with Crippen molar-refractivity contribution in [2.45, 2.75) is 32.3 Å². The maximum Gasteiger partial charge on any atom is 0.254 e. The molecule has 4 nitrogen and oxygen atoms in total. The van der Waals surface area contributed by atoms with Crippen molar-refractivity contribution in [3.63, 3.8) is 0 Å². The molecule has 1 aliphatic heterocycles. The fraction of sp³-hybridized carbons (Fsp3) is 0.533. The number of rotatable bonds is 4. The summed E-state index contributed by atoms with van der Waals surface area (Å²) >= 11 is 0. The predicted octanol–water partition coefficient (Wildman–Crippen LogP) is 2.38. The minimum atomic E-state index is -0.774. The molecule has 0 radical (unpaired) electrons. The summed E-state index contributed by atoms with van der Waals surface area (Å²) < 4.78 is 27.8. The third-order valence-corrected chi connectivity index (χ3v) is 3.52. The minimum absolute atomic E-state index is 0.0267. The maximum absolute atomic E-state index is 13.9. The molecule has 1 amide bonds. The fourth-order valence-electron chi connectivity index (χ4n) is 2.44. The van der Waals surface area contributed by atoms with Gasteiger partial charge in [-0.05, 0) is 31.4 Å². The topological polar surface area (TPSA) is 52.6 Å². The van der Waals surface area contributed by atoms with E-state index in [2.05, 4.69) is 5.32 Å². The highest BCUT2D eigenvalue weighted by atomic mass is 19.1. The van der Waals surface area contributed by atoms with Gasteiger partial charge in [0.25, 0.3) is 5.91 Å². The van der Waals surface area contributed by atoms with Crippen LogP contribution in [0.2, 0.25) is 0 Å². The molecule has 0 spiro atoms. The second kappa shape index (κ2) is 6.85. The Hall–Kier alpha value is -1.69. The molecule has 1 aromatic carbocycles. The zero-order valence-corrected chi connectivity index (χ0v) is 12.0. The first-order chi connectivity index (χ1) is 10.0. The Morgan fingerprint density at radius 3 is 2.67 bits per heavy atom. The molecule has 6 heteroatoms. The van der Waals surface area contributed by atoms with Crippen molar-refractivity contribution in [2.75, 3.05) is 25.0 Å². The van der Waals surface area contributed by atoms with Crippen LogP contribution in [0.1, 0.15) is 36.5 Å². The average Bonchev–Trinajstić information content (AvgIpc) is 2.45. The largest absolute Gasteiger partial charge is 0.391 e. The summed E-state index contributed by atoms with van der Waals surface area (Å²) in [5.74, 6) is -2.00. The molecule has 0 aromatic heterocycles. The molecule has 0 aliphatic carbocycles. The molecule has 1 heterocycles. The van der Waals surface area contributed by atoms with E-state index in [1.54, 1.807) is 0 Å². The van der Waals surface area contributed by atoms with Gasteiger partial charge in [-0.15, -0.1) is 0 Å². The number of β-amino-alcohol motifs (C(OH)–C–C–N with tert-alkyl or cyclic N) is 1. The van der Waals surface area contributed by atoms with Crippen LogP contribution in [0.4, 0.5) is 14.5 Å². The molecule has 2 N–H and O–H groups in total. The van der Waals surface area contributed by atoms with Gasteiger partial charge in [0.1, 0.15) is 17.3 Å². The molecule has 1 saturated heterocycles. The van der Waals surface area contributed by atoms with Gasteiger partial charge in [-0.1, -0.05) is 6.92 Å². The van der Waals surface area contributed by atoms with Gasteiger partial charge in [-0.25, -0.2) is 8.78 Å². The Morgan fingerprint density at radius 1 is 1.43 bits per heavy atom. The van der Waals surface area contributed by atoms with Gasteiger partial charge in [0, 0.05) is 25.2 Å². The number of anilines is 1. The summed E-state index contributed by atoms with van der Waals surface area (Å²) in [5, 5.41) is 12.2. The standard InChI is InChI=1S/C15H20F2N2O2/c1-2-5-18-14-12(16)7-10(8-13(14)17)15(21)19-6-3-4-11(20)9-19/h7-8,11,18,20H,2-6,9H2,1H3. The summed E-state index contributed by atoms with van der Waals surface area (Å²) in [4.78, 5) is 13.7. The van der Waals surface area contributed by atoms with Gasteiger partial charge >= 0.3 is 0 Å². The Labute approximate surface area is 122 Å². The molecular formula is C15H20F2N2O2. The Bertz CT molecular complexity index is 499. The van der Waals surface area contributed by atoms with E-state index >= 15 is 0 Å². The predicted molar refractivity (Wildman–Crippen MR) is 76.3 cm³/mol. The molecule has 1 aliphatic rings. The molecule has 1 aromatic rings. The molecule has 0 bridgehead atoms. The van der Waals surface area contributed by atoms with Crippen molar-refractivity contribution in [3.05, 3.63) is 29.3 Å². The van der Waals surface area contributed by atoms with Crippen LogP contribution < -0.4 is 5.32 Å². The number of nitrogens with one attached hydrogen (secondary N) is 1. The van der Waals surface area contributed by atoms with Crippen LogP contribution in [0, 0.1) is 11.6 Å². The van der Waals surface area contributed by atoms with Crippen molar-refractivity contribution in [3.8, 4) is 0 Å². The van der Waals surface area contributed by atoms with E-state index in [9.17, 15) is 18.7 Å². The molecule has 1 unspecified atom stereocenters. The van der Waals surface area contributed by atoms with Gasteiger partial charge in [0.05, 0.1) is 6.10 Å². The number of benzene rings is 1. The Kier molecular flexibility index (Phi) is 5.12. The van der Waals surface area contributed by atoms with Crippen molar-refractivity contribution >= 4 is 11.6 Å². The first-order valence-electron chi connectivity index (χ1n) is 7.23. The van der Waals surface area contributed by atoms with E-state index in [1.165, 1.54) is 4.90 Å². The molecule has 1 fully saturated rings. The number of amides is 1. The van der Waals surface area contributed by atoms with Gasteiger partial charge in [-0.2, -0.15) is 0 Å². The van der Waals surface area contributed by atoms with Crippen LogP contribution in [-0.4, -0.2) is 41.7 Å². The van der Waals surface area contributed by atoms with Crippen molar-refractivity contribution < 1.29 is 18.7 Å². The van der Waals surface area contributed by atoms with E-state index in [0.29, 0.717) is 25.9 Å². The zero-order valence-electron chi connectivity index (χ0n) is 12.0. The fourth-order valence-corrected chi connectivity index (χ4v) is 2.44. The van der Waals surface area contributed by atoms with Crippen LogP contribution >= 0.6 is 0 Å². The monoisotopic (exact) mass is 298 g/mol. The third kappa shape index (κ3) is 3.69. The molecule has 21 heavy (non-hydrogen) atoms. The van der Waals surface area contributed by atoms with E-state index in [0.717, 1.165) is 18.6 Å². The molecule has 116 valence electrons. The number of hydrogen-bond donors (Lipinski definition) is 2. The lowest BCUT2D eigenvalue weighted by Crippen LogP contribution is -2.42.